The van der Waals surface area contributed by atoms with Crippen LogP contribution < -0.4 is 10.6 Å². The fourth-order valence-corrected chi connectivity index (χ4v) is 1.86. The number of carbonyl (C=O) groups excluding carboxylic acids is 2. The third-order valence-electron chi connectivity index (χ3n) is 2.63. The molecule has 1 fully saturated rings. The summed E-state index contributed by atoms with van der Waals surface area (Å²) in [4.78, 5) is 26.7. The standard InChI is InChI=1S/C11H12ClN3O2/c12-9-5-8(3-4-13-9)15-11(17)7-1-2-10(16)14-6-7/h3-5,7H,1-2,6H2,(H,14,16)(H,13,15,17). The molecule has 5 nitrogen and oxygen atoms in total. The molecule has 0 radical (unpaired) electrons. The topological polar surface area (TPSA) is 71.1 Å². The van der Waals surface area contributed by atoms with E-state index in [1.807, 2.05) is 0 Å². The molecule has 90 valence electrons. The maximum atomic E-state index is 11.9. The summed E-state index contributed by atoms with van der Waals surface area (Å²) in [5.74, 6) is -0.284. The highest BCUT2D eigenvalue weighted by Crippen LogP contribution is 2.16. The summed E-state index contributed by atoms with van der Waals surface area (Å²) in [6.07, 6.45) is 2.51. The van der Waals surface area contributed by atoms with E-state index in [1.54, 1.807) is 12.1 Å². The van der Waals surface area contributed by atoms with Gasteiger partial charge in [-0.3, -0.25) is 9.59 Å². The quantitative estimate of drug-likeness (QED) is 0.778. The first-order chi connectivity index (χ1) is 8.15. The molecule has 1 aliphatic rings. The normalized spacial score (nSPS) is 19.6. The van der Waals surface area contributed by atoms with E-state index in [2.05, 4.69) is 15.6 Å². The van der Waals surface area contributed by atoms with Crippen LogP contribution in [0.2, 0.25) is 5.15 Å². The summed E-state index contributed by atoms with van der Waals surface area (Å²) in [6.45, 7) is 0.392. The zero-order chi connectivity index (χ0) is 12.3. The van der Waals surface area contributed by atoms with Gasteiger partial charge in [0.25, 0.3) is 0 Å². The number of anilines is 1. The predicted molar refractivity (Wildman–Crippen MR) is 63.6 cm³/mol. The molecule has 1 unspecified atom stereocenters. The molecule has 6 heteroatoms. The highest BCUT2D eigenvalue weighted by Gasteiger charge is 2.24. The minimum Gasteiger partial charge on any atom is -0.355 e. The lowest BCUT2D eigenvalue weighted by molar-refractivity contribution is -0.126. The zero-order valence-electron chi connectivity index (χ0n) is 9.07. The smallest absolute Gasteiger partial charge is 0.229 e. The Morgan fingerprint density at radius 2 is 2.41 bits per heavy atom. The number of hydrogen-bond acceptors (Lipinski definition) is 3. The average molecular weight is 254 g/mol. The van der Waals surface area contributed by atoms with E-state index < -0.39 is 0 Å². The van der Waals surface area contributed by atoms with Crippen LogP contribution in [0, 0.1) is 5.92 Å². The van der Waals surface area contributed by atoms with Gasteiger partial charge >= 0.3 is 0 Å². The predicted octanol–water partition coefficient (Wildman–Crippen LogP) is 1.20. The van der Waals surface area contributed by atoms with Crippen LogP contribution in [0.5, 0.6) is 0 Å². The lowest BCUT2D eigenvalue weighted by atomic mass is 9.98. The second kappa shape index (κ2) is 5.14. The molecule has 2 rings (SSSR count). The van der Waals surface area contributed by atoms with Gasteiger partial charge in [0.15, 0.2) is 0 Å². The van der Waals surface area contributed by atoms with E-state index in [9.17, 15) is 9.59 Å². The molecule has 1 aromatic rings. The Morgan fingerprint density at radius 3 is 3.06 bits per heavy atom. The van der Waals surface area contributed by atoms with Crippen molar-refractivity contribution >= 4 is 29.1 Å². The number of rotatable bonds is 2. The summed E-state index contributed by atoms with van der Waals surface area (Å²) in [5.41, 5.74) is 0.618. The molecule has 1 atom stereocenters. The highest BCUT2D eigenvalue weighted by atomic mass is 35.5. The fraction of sp³-hybridized carbons (Fsp3) is 0.364. The van der Waals surface area contributed by atoms with E-state index in [4.69, 9.17) is 11.6 Å². The molecule has 2 amide bonds. The Balaban J connectivity index is 1.95. The average Bonchev–Trinajstić information content (AvgIpc) is 2.29. The summed E-state index contributed by atoms with van der Waals surface area (Å²) in [5, 5.41) is 5.76. The van der Waals surface area contributed by atoms with Crippen LogP contribution in [0.15, 0.2) is 18.3 Å². The molecule has 1 aliphatic heterocycles. The Bertz CT molecular complexity index is 440. The van der Waals surface area contributed by atoms with Gasteiger partial charge in [0.2, 0.25) is 11.8 Å². The number of hydrogen-bond donors (Lipinski definition) is 2. The maximum Gasteiger partial charge on any atom is 0.229 e. The maximum absolute atomic E-state index is 11.9. The van der Waals surface area contributed by atoms with E-state index in [-0.39, 0.29) is 17.7 Å². The van der Waals surface area contributed by atoms with Crippen molar-refractivity contribution in [1.82, 2.24) is 10.3 Å². The van der Waals surface area contributed by atoms with E-state index in [0.717, 1.165) is 0 Å². The first-order valence-corrected chi connectivity index (χ1v) is 5.72. The lowest BCUT2D eigenvalue weighted by Crippen LogP contribution is -2.40. The fourth-order valence-electron chi connectivity index (χ4n) is 1.68. The van der Waals surface area contributed by atoms with Crippen molar-refractivity contribution < 1.29 is 9.59 Å². The van der Waals surface area contributed by atoms with Crippen LogP contribution in [0.25, 0.3) is 0 Å². The number of amides is 2. The van der Waals surface area contributed by atoms with Gasteiger partial charge in [-0.05, 0) is 18.6 Å². The number of halogens is 1. The highest BCUT2D eigenvalue weighted by molar-refractivity contribution is 6.29. The molecule has 1 saturated heterocycles. The largest absolute Gasteiger partial charge is 0.355 e. The summed E-state index contributed by atoms with van der Waals surface area (Å²) in [6, 6.07) is 3.26. The molecule has 1 aromatic heterocycles. The van der Waals surface area contributed by atoms with E-state index in [0.29, 0.717) is 30.2 Å². The van der Waals surface area contributed by atoms with Crippen molar-refractivity contribution in [2.24, 2.45) is 5.92 Å². The third kappa shape index (κ3) is 3.17. The molecule has 17 heavy (non-hydrogen) atoms. The number of aromatic nitrogens is 1. The second-order valence-corrected chi connectivity index (χ2v) is 4.28. The third-order valence-corrected chi connectivity index (χ3v) is 2.84. The van der Waals surface area contributed by atoms with Crippen molar-refractivity contribution in [3.8, 4) is 0 Å². The van der Waals surface area contributed by atoms with Crippen LogP contribution in [0.4, 0.5) is 5.69 Å². The number of piperidine rings is 1. The van der Waals surface area contributed by atoms with Gasteiger partial charge in [0.05, 0.1) is 5.92 Å². The van der Waals surface area contributed by atoms with Crippen LogP contribution in [0.3, 0.4) is 0 Å². The van der Waals surface area contributed by atoms with Crippen LogP contribution >= 0.6 is 11.6 Å². The van der Waals surface area contributed by atoms with E-state index >= 15 is 0 Å². The minimum absolute atomic E-state index is 0.000931. The molecule has 2 N–H and O–H groups in total. The molecule has 0 aromatic carbocycles. The number of nitrogens with zero attached hydrogens (tertiary/aromatic N) is 1. The van der Waals surface area contributed by atoms with Gasteiger partial charge in [-0.2, -0.15) is 0 Å². The van der Waals surface area contributed by atoms with Crippen molar-refractivity contribution in [2.75, 3.05) is 11.9 Å². The van der Waals surface area contributed by atoms with Crippen molar-refractivity contribution in [3.63, 3.8) is 0 Å². The van der Waals surface area contributed by atoms with E-state index in [1.165, 1.54) is 6.20 Å². The van der Waals surface area contributed by atoms with Gasteiger partial charge in [0.1, 0.15) is 5.15 Å². The van der Waals surface area contributed by atoms with Crippen molar-refractivity contribution in [3.05, 3.63) is 23.5 Å². The van der Waals surface area contributed by atoms with Crippen LogP contribution in [0.1, 0.15) is 12.8 Å². The number of nitrogens with one attached hydrogen (secondary N) is 2. The van der Waals surface area contributed by atoms with Crippen molar-refractivity contribution in [2.45, 2.75) is 12.8 Å². The summed E-state index contributed by atoms with van der Waals surface area (Å²) in [7, 11) is 0. The Labute approximate surface area is 104 Å². The van der Waals surface area contributed by atoms with Crippen molar-refractivity contribution in [1.29, 1.82) is 0 Å². The zero-order valence-corrected chi connectivity index (χ0v) is 9.83. The SMILES string of the molecule is O=C1CCC(C(=O)Nc2ccnc(Cl)c2)CN1. The molecular weight excluding hydrogens is 242 g/mol. The summed E-state index contributed by atoms with van der Waals surface area (Å²) < 4.78 is 0. The molecule has 0 bridgehead atoms. The second-order valence-electron chi connectivity index (χ2n) is 3.90. The monoisotopic (exact) mass is 253 g/mol. The first-order valence-electron chi connectivity index (χ1n) is 5.34. The lowest BCUT2D eigenvalue weighted by Gasteiger charge is -2.21. The van der Waals surface area contributed by atoms with Crippen LogP contribution in [-0.4, -0.2) is 23.3 Å². The van der Waals surface area contributed by atoms with Gasteiger partial charge in [-0.1, -0.05) is 11.6 Å². The Kier molecular flexibility index (Phi) is 3.58. The molecule has 0 spiro atoms. The number of carbonyl (C=O) groups is 2. The number of pyridine rings is 1. The van der Waals surface area contributed by atoms with Gasteiger partial charge in [-0.15, -0.1) is 0 Å². The van der Waals surface area contributed by atoms with Crippen LogP contribution in [-0.2, 0) is 9.59 Å². The van der Waals surface area contributed by atoms with Gasteiger partial charge in [-0.25, -0.2) is 4.98 Å². The molecule has 0 aliphatic carbocycles. The Hall–Kier alpha value is -1.62. The summed E-state index contributed by atoms with van der Waals surface area (Å²) >= 11 is 5.71. The van der Waals surface area contributed by atoms with Gasteiger partial charge < -0.3 is 10.6 Å². The Morgan fingerprint density at radius 1 is 1.59 bits per heavy atom. The molecular formula is C11H12ClN3O2. The first kappa shape index (κ1) is 11.9. The van der Waals surface area contributed by atoms with Gasteiger partial charge in [0, 0.05) is 24.8 Å². The molecule has 0 saturated carbocycles. The molecule has 2 heterocycles. The minimum atomic E-state index is -0.181.